The number of rotatable bonds is 5. The monoisotopic (exact) mass is 226 g/mol. The van der Waals surface area contributed by atoms with Crippen LogP contribution in [0.5, 0.6) is 0 Å². The van der Waals surface area contributed by atoms with E-state index >= 15 is 0 Å². The average molecular weight is 226 g/mol. The van der Waals surface area contributed by atoms with Crippen LogP contribution in [0.4, 0.5) is 0 Å². The van der Waals surface area contributed by atoms with E-state index in [4.69, 9.17) is 0 Å². The summed E-state index contributed by atoms with van der Waals surface area (Å²) in [5.74, 6) is 0.0520. The van der Waals surface area contributed by atoms with Crippen molar-refractivity contribution in [1.82, 2.24) is 10.3 Å². The summed E-state index contributed by atoms with van der Waals surface area (Å²) in [5, 5.41) is 3.99. The first-order valence-corrected chi connectivity index (χ1v) is 5.51. The topological polar surface area (TPSA) is 42.0 Å². The number of nitrogens with zero attached hydrogens (tertiary/aromatic N) is 1. The van der Waals surface area contributed by atoms with Crippen LogP contribution in [-0.4, -0.2) is 23.9 Å². The van der Waals surface area contributed by atoms with Crippen LogP contribution in [0.2, 0.25) is 0 Å². The van der Waals surface area contributed by atoms with E-state index in [0.29, 0.717) is 18.7 Å². The van der Waals surface area contributed by atoms with Crippen LogP contribution in [0.15, 0.2) is 49.2 Å². The van der Waals surface area contributed by atoms with E-state index in [9.17, 15) is 4.79 Å². The van der Waals surface area contributed by atoms with Crippen molar-refractivity contribution in [2.45, 2.75) is 0 Å². The number of carbonyl (C=O) groups is 1. The van der Waals surface area contributed by atoms with Crippen molar-refractivity contribution in [1.29, 1.82) is 0 Å². The normalized spacial score (nSPS) is 10.4. The minimum absolute atomic E-state index is 0.0520. The molecule has 0 unspecified atom stereocenters. The van der Waals surface area contributed by atoms with Gasteiger partial charge >= 0.3 is 0 Å². The van der Waals surface area contributed by atoms with Crippen molar-refractivity contribution in [3.05, 3.63) is 54.7 Å². The standard InChI is InChI=1S/C14H14N2O/c1-2-8-15-10-13(17)12-7-3-5-11-6-4-9-16-14(11)12/h2-7,9,15H,1,8,10H2. The first kappa shape index (κ1) is 11.5. The summed E-state index contributed by atoms with van der Waals surface area (Å²) >= 11 is 0. The van der Waals surface area contributed by atoms with Gasteiger partial charge in [0, 0.05) is 23.7 Å². The number of Topliss-reactive ketones (excluding diaryl/α,β-unsaturated/α-hetero) is 1. The van der Waals surface area contributed by atoms with Crippen LogP contribution in [0, 0.1) is 0 Å². The van der Waals surface area contributed by atoms with Gasteiger partial charge in [-0.1, -0.05) is 24.3 Å². The summed E-state index contributed by atoms with van der Waals surface area (Å²) in [4.78, 5) is 16.3. The Balaban J connectivity index is 2.28. The predicted molar refractivity (Wildman–Crippen MR) is 69.1 cm³/mol. The molecule has 0 saturated heterocycles. The van der Waals surface area contributed by atoms with E-state index in [1.165, 1.54) is 0 Å². The van der Waals surface area contributed by atoms with Gasteiger partial charge in [0.1, 0.15) is 0 Å². The van der Waals surface area contributed by atoms with Gasteiger partial charge in [-0.15, -0.1) is 6.58 Å². The molecule has 0 aliphatic carbocycles. The second kappa shape index (κ2) is 5.37. The molecule has 2 rings (SSSR count). The van der Waals surface area contributed by atoms with Gasteiger partial charge < -0.3 is 5.32 Å². The van der Waals surface area contributed by atoms with Gasteiger partial charge in [-0.3, -0.25) is 9.78 Å². The molecular weight excluding hydrogens is 212 g/mol. The number of hydrogen-bond acceptors (Lipinski definition) is 3. The molecule has 1 heterocycles. The number of nitrogens with one attached hydrogen (secondary N) is 1. The molecular formula is C14H14N2O. The highest BCUT2D eigenvalue weighted by atomic mass is 16.1. The molecule has 0 bridgehead atoms. The minimum atomic E-state index is 0.0520. The molecule has 2 aromatic rings. The molecule has 0 fully saturated rings. The third kappa shape index (κ3) is 2.57. The summed E-state index contributed by atoms with van der Waals surface area (Å²) in [6.07, 6.45) is 3.44. The maximum Gasteiger partial charge on any atom is 0.178 e. The molecule has 1 N–H and O–H groups in total. The van der Waals surface area contributed by atoms with E-state index < -0.39 is 0 Å². The third-order valence-electron chi connectivity index (χ3n) is 2.51. The van der Waals surface area contributed by atoms with E-state index in [0.717, 1.165) is 10.9 Å². The largest absolute Gasteiger partial charge is 0.306 e. The number of fused-ring (bicyclic) bond motifs is 1. The molecule has 1 aromatic carbocycles. The summed E-state index contributed by atoms with van der Waals surface area (Å²) in [6.45, 7) is 4.53. The fraction of sp³-hybridized carbons (Fsp3) is 0.143. The van der Waals surface area contributed by atoms with Crippen molar-refractivity contribution in [3.8, 4) is 0 Å². The Morgan fingerprint density at radius 3 is 3.00 bits per heavy atom. The van der Waals surface area contributed by atoms with Gasteiger partial charge in [0.15, 0.2) is 5.78 Å². The predicted octanol–water partition coefficient (Wildman–Crippen LogP) is 2.19. The Morgan fingerprint density at radius 1 is 1.35 bits per heavy atom. The molecule has 0 aliphatic rings. The van der Waals surface area contributed by atoms with Crippen molar-refractivity contribution in [3.63, 3.8) is 0 Å². The quantitative estimate of drug-likeness (QED) is 0.483. The fourth-order valence-electron chi connectivity index (χ4n) is 1.71. The molecule has 0 radical (unpaired) electrons. The van der Waals surface area contributed by atoms with E-state index in [1.54, 1.807) is 12.3 Å². The van der Waals surface area contributed by atoms with Gasteiger partial charge in [0.25, 0.3) is 0 Å². The first-order chi connectivity index (χ1) is 8.33. The lowest BCUT2D eigenvalue weighted by Gasteiger charge is -2.05. The fourth-order valence-corrected chi connectivity index (χ4v) is 1.71. The highest BCUT2D eigenvalue weighted by Gasteiger charge is 2.09. The first-order valence-electron chi connectivity index (χ1n) is 5.51. The summed E-state index contributed by atoms with van der Waals surface area (Å²) in [5.41, 5.74) is 1.43. The molecule has 1 aromatic heterocycles. The zero-order valence-corrected chi connectivity index (χ0v) is 9.52. The van der Waals surface area contributed by atoms with Gasteiger partial charge in [0.05, 0.1) is 12.1 Å². The van der Waals surface area contributed by atoms with Crippen molar-refractivity contribution >= 4 is 16.7 Å². The van der Waals surface area contributed by atoms with E-state index in [-0.39, 0.29) is 5.78 Å². The van der Waals surface area contributed by atoms with E-state index in [1.807, 2.05) is 30.3 Å². The van der Waals surface area contributed by atoms with Crippen LogP contribution in [0.25, 0.3) is 10.9 Å². The van der Waals surface area contributed by atoms with Crippen LogP contribution < -0.4 is 5.32 Å². The van der Waals surface area contributed by atoms with E-state index in [2.05, 4.69) is 16.9 Å². The minimum Gasteiger partial charge on any atom is -0.306 e. The van der Waals surface area contributed by atoms with Gasteiger partial charge in [-0.2, -0.15) is 0 Å². The molecule has 0 aliphatic heterocycles. The lowest BCUT2D eigenvalue weighted by molar-refractivity contribution is 0.0994. The highest BCUT2D eigenvalue weighted by molar-refractivity contribution is 6.07. The maximum absolute atomic E-state index is 12.0. The number of hydrogen-bond donors (Lipinski definition) is 1. The van der Waals surface area contributed by atoms with Crippen molar-refractivity contribution < 1.29 is 4.79 Å². The Kier molecular flexibility index (Phi) is 3.62. The SMILES string of the molecule is C=CCNCC(=O)c1cccc2cccnc12. The number of benzene rings is 1. The molecule has 0 saturated carbocycles. The number of pyridine rings is 1. The Hall–Kier alpha value is -2.00. The third-order valence-corrected chi connectivity index (χ3v) is 2.51. The molecule has 3 heteroatoms. The number of ketones is 1. The van der Waals surface area contributed by atoms with Crippen LogP contribution in [0.3, 0.4) is 0 Å². The number of para-hydroxylation sites is 1. The van der Waals surface area contributed by atoms with Crippen molar-refractivity contribution in [2.75, 3.05) is 13.1 Å². The Bertz CT molecular complexity index is 543. The molecule has 3 nitrogen and oxygen atoms in total. The summed E-state index contributed by atoms with van der Waals surface area (Å²) in [6, 6.07) is 9.47. The van der Waals surface area contributed by atoms with Gasteiger partial charge in [0.2, 0.25) is 0 Å². The zero-order valence-electron chi connectivity index (χ0n) is 9.52. The van der Waals surface area contributed by atoms with Gasteiger partial charge in [-0.25, -0.2) is 0 Å². The molecule has 86 valence electrons. The average Bonchev–Trinajstić information content (AvgIpc) is 2.38. The second-order valence-electron chi connectivity index (χ2n) is 3.72. The lowest BCUT2D eigenvalue weighted by atomic mass is 10.1. The lowest BCUT2D eigenvalue weighted by Crippen LogP contribution is -2.23. The number of aromatic nitrogens is 1. The summed E-state index contributed by atoms with van der Waals surface area (Å²) in [7, 11) is 0. The number of carbonyl (C=O) groups excluding carboxylic acids is 1. The maximum atomic E-state index is 12.0. The van der Waals surface area contributed by atoms with Crippen molar-refractivity contribution in [2.24, 2.45) is 0 Å². The molecule has 0 atom stereocenters. The van der Waals surface area contributed by atoms with Gasteiger partial charge in [-0.05, 0) is 12.1 Å². The summed E-state index contributed by atoms with van der Waals surface area (Å²) < 4.78 is 0. The highest BCUT2D eigenvalue weighted by Crippen LogP contribution is 2.15. The molecule has 17 heavy (non-hydrogen) atoms. The Morgan fingerprint density at radius 2 is 2.18 bits per heavy atom. The smallest absolute Gasteiger partial charge is 0.178 e. The molecule has 0 amide bonds. The van der Waals surface area contributed by atoms with Crippen LogP contribution >= 0.6 is 0 Å². The van der Waals surface area contributed by atoms with Crippen LogP contribution in [-0.2, 0) is 0 Å². The molecule has 0 spiro atoms. The van der Waals surface area contributed by atoms with Crippen LogP contribution in [0.1, 0.15) is 10.4 Å². The second-order valence-corrected chi connectivity index (χ2v) is 3.72. The Labute approximate surface area is 100 Å². The zero-order chi connectivity index (χ0) is 12.1.